The van der Waals surface area contributed by atoms with Gasteiger partial charge in [0.1, 0.15) is 5.60 Å². The van der Waals surface area contributed by atoms with Crippen LogP contribution in [-0.4, -0.2) is 31.2 Å². The average Bonchev–Trinajstić information content (AvgIpc) is 2.41. The first kappa shape index (κ1) is 16.8. The van der Waals surface area contributed by atoms with Crippen LogP contribution in [0, 0.1) is 0 Å². The molecule has 0 heterocycles. The number of benzene rings is 1. The van der Waals surface area contributed by atoms with E-state index >= 15 is 0 Å². The number of nitrogens with one attached hydrogen (secondary N) is 2. The summed E-state index contributed by atoms with van der Waals surface area (Å²) in [5, 5.41) is 5.20. The van der Waals surface area contributed by atoms with Crippen LogP contribution in [0.1, 0.15) is 36.7 Å². The molecule has 5 nitrogen and oxygen atoms in total. The summed E-state index contributed by atoms with van der Waals surface area (Å²) < 4.78 is 5.12. The van der Waals surface area contributed by atoms with Crippen molar-refractivity contribution in [3.8, 4) is 0 Å². The maximum atomic E-state index is 11.4. The molecule has 1 aromatic carbocycles. The Morgan fingerprint density at radius 1 is 1.19 bits per heavy atom. The standard InChI is InChI=1S/C16H22N2O3/c1-16(2,3)21-15(20)18-11-5-6-12-7-9-13(10-8-12)14(19)17-4/h5-10H,11H2,1-4H3,(H,17,19)(H,18,20). The van der Waals surface area contributed by atoms with Crippen molar-refractivity contribution in [2.24, 2.45) is 0 Å². The molecular weight excluding hydrogens is 268 g/mol. The van der Waals surface area contributed by atoms with Gasteiger partial charge in [-0.25, -0.2) is 4.79 Å². The Kier molecular flexibility index (Phi) is 5.96. The highest BCUT2D eigenvalue weighted by Gasteiger charge is 2.14. The van der Waals surface area contributed by atoms with Crippen molar-refractivity contribution < 1.29 is 14.3 Å². The molecule has 0 radical (unpaired) electrons. The molecule has 1 aromatic rings. The fourth-order valence-electron chi connectivity index (χ4n) is 1.54. The Morgan fingerprint density at radius 2 is 1.81 bits per heavy atom. The third-order valence-corrected chi connectivity index (χ3v) is 2.47. The molecule has 21 heavy (non-hydrogen) atoms. The van der Waals surface area contributed by atoms with Gasteiger partial charge in [-0.3, -0.25) is 4.79 Å². The third kappa shape index (κ3) is 6.61. The third-order valence-electron chi connectivity index (χ3n) is 2.47. The molecule has 114 valence electrons. The summed E-state index contributed by atoms with van der Waals surface area (Å²) in [5.41, 5.74) is 1.07. The smallest absolute Gasteiger partial charge is 0.407 e. The second kappa shape index (κ2) is 7.47. The molecule has 0 saturated heterocycles. The fraction of sp³-hybridized carbons (Fsp3) is 0.375. The number of alkyl carbamates (subject to hydrolysis) is 1. The first-order valence-electron chi connectivity index (χ1n) is 6.77. The van der Waals surface area contributed by atoms with E-state index in [1.165, 1.54) is 0 Å². The zero-order valence-corrected chi connectivity index (χ0v) is 12.9. The van der Waals surface area contributed by atoms with Crippen molar-refractivity contribution in [3.05, 3.63) is 41.5 Å². The van der Waals surface area contributed by atoms with Gasteiger partial charge in [-0.1, -0.05) is 24.3 Å². The second-order valence-electron chi connectivity index (χ2n) is 5.49. The molecule has 2 amide bonds. The van der Waals surface area contributed by atoms with Crippen LogP contribution in [-0.2, 0) is 4.74 Å². The summed E-state index contributed by atoms with van der Waals surface area (Å²) in [5.74, 6) is -0.114. The monoisotopic (exact) mass is 290 g/mol. The lowest BCUT2D eigenvalue weighted by Gasteiger charge is -2.19. The SMILES string of the molecule is CNC(=O)c1ccc(C=CCNC(=O)OC(C)(C)C)cc1. The van der Waals surface area contributed by atoms with Gasteiger partial charge in [0.2, 0.25) is 0 Å². The molecular formula is C16H22N2O3. The Hall–Kier alpha value is -2.30. The maximum absolute atomic E-state index is 11.4. The Bertz CT molecular complexity index is 513. The van der Waals surface area contributed by atoms with Gasteiger partial charge in [-0.15, -0.1) is 0 Å². The van der Waals surface area contributed by atoms with Crippen LogP contribution in [0.25, 0.3) is 6.08 Å². The first-order chi connectivity index (χ1) is 9.81. The van der Waals surface area contributed by atoms with Gasteiger partial charge < -0.3 is 15.4 Å². The van der Waals surface area contributed by atoms with Gasteiger partial charge in [-0.05, 0) is 38.5 Å². The highest BCUT2D eigenvalue weighted by Crippen LogP contribution is 2.07. The largest absolute Gasteiger partial charge is 0.444 e. The van der Waals surface area contributed by atoms with E-state index in [-0.39, 0.29) is 5.91 Å². The van der Waals surface area contributed by atoms with Gasteiger partial charge >= 0.3 is 6.09 Å². The second-order valence-corrected chi connectivity index (χ2v) is 5.49. The summed E-state index contributed by atoms with van der Waals surface area (Å²) >= 11 is 0. The molecule has 0 bridgehead atoms. The summed E-state index contributed by atoms with van der Waals surface area (Å²) in [6.07, 6.45) is 3.24. The summed E-state index contributed by atoms with van der Waals surface area (Å²) in [6, 6.07) is 7.18. The van der Waals surface area contributed by atoms with Gasteiger partial charge in [-0.2, -0.15) is 0 Å². The Morgan fingerprint density at radius 3 is 2.33 bits per heavy atom. The lowest BCUT2D eigenvalue weighted by Crippen LogP contribution is -2.32. The minimum absolute atomic E-state index is 0.114. The zero-order valence-electron chi connectivity index (χ0n) is 12.9. The molecule has 0 atom stereocenters. The fourth-order valence-corrected chi connectivity index (χ4v) is 1.54. The summed E-state index contributed by atoms with van der Waals surface area (Å²) in [4.78, 5) is 22.8. The first-order valence-corrected chi connectivity index (χ1v) is 6.77. The predicted molar refractivity (Wildman–Crippen MR) is 83.1 cm³/mol. The number of carbonyl (C=O) groups excluding carboxylic acids is 2. The Labute approximate surface area is 125 Å². The zero-order chi connectivity index (χ0) is 15.9. The van der Waals surface area contributed by atoms with E-state index in [9.17, 15) is 9.59 Å². The predicted octanol–water partition coefficient (Wildman–Crippen LogP) is 2.58. The minimum atomic E-state index is -0.497. The van der Waals surface area contributed by atoms with E-state index in [2.05, 4.69) is 10.6 Å². The van der Waals surface area contributed by atoms with Crippen molar-refractivity contribution >= 4 is 18.1 Å². The minimum Gasteiger partial charge on any atom is -0.444 e. The molecule has 0 aliphatic heterocycles. The van der Waals surface area contributed by atoms with Crippen LogP contribution in [0.15, 0.2) is 30.3 Å². The van der Waals surface area contributed by atoms with E-state index in [4.69, 9.17) is 4.74 Å². The van der Waals surface area contributed by atoms with Crippen LogP contribution in [0.3, 0.4) is 0 Å². The maximum Gasteiger partial charge on any atom is 0.407 e. The van der Waals surface area contributed by atoms with Gasteiger partial charge in [0.15, 0.2) is 0 Å². The van der Waals surface area contributed by atoms with E-state index < -0.39 is 11.7 Å². The van der Waals surface area contributed by atoms with Gasteiger partial charge in [0.25, 0.3) is 5.91 Å². The highest BCUT2D eigenvalue weighted by atomic mass is 16.6. The van der Waals surface area contributed by atoms with Crippen LogP contribution in [0.2, 0.25) is 0 Å². The summed E-state index contributed by atoms with van der Waals surface area (Å²) in [6.45, 7) is 5.83. The quantitative estimate of drug-likeness (QED) is 0.895. The summed E-state index contributed by atoms with van der Waals surface area (Å²) in [7, 11) is 1.60. The molecule has 0 aromatic heterocycles. The lowest BCUT2D eigenvalue weighted by atomic mass is 10.1. The Balaban J connectivity index is 2.44. The molecule has 0 saturated carbocycles. The molecule has 1 rings (SSSR count). The van der Waals surface area contributed by atoms with Crippen molar-refractivity contribution in [2.75, 3.05) is 13.6 Å². The normalized spacial score (nSPS) is 11.2. The molecule has 0 spiro atoms. The van der Waals surface area contributed by atoms with Crippen molar-refractivity contribution in [1.29, 1.82) is 0 Å². The van der Waals surface area contributed by atoms with Crippen LogP contribution in [0.4, 0.5) is 4.79 Å². The van der Waals surface area contributed by atoms with Crippen LogP contribution >= 0.6 is 0 Å². The van der Waals surface area contributed by atoms with Crippen molar-refractivity contribution in [3.63, 3.8) is 0 Å². The topological polar surface area (TPSA) is 67.4 Å². The molecule has 0 aliphatic carbocycles. The van der Waals surface area contributed by atoms with E-state index in [0.717, 1.165) is 5.56 Å². The van der Waals surface area contributed by atoms with E-state index in [1.807, 2.05) is 45.1 Å². The number of rotatable bonds is 4. The van der Waals surface area contributed by atoms with Crippen molar-refractivity contribution in [1.82, 2.24) is 10.6 Å². The van der Waals surface area contributed by atoms with Gasteiger partial charge in [0, 0.05) is 19.2 Å². The average molecular weight is 290 g/mol. The molecule has 5 heteroatoms. The van der Waals surface area contributed by atoms with E-state index in [0.29, 0.717) is 12.1 Å². The molecule has 2 N–H and O–H groups in total. The molecule has 0 fully saturated rings. The number of carbonyl (C=O) groups is 2. The van der Waals surface area contributed by atoms with E-state index in [1.54, 1.807) is 19.2 Å². The highest BCUT2D eigenvalue weighted by molar-refractivity contribution is 5.94. The van der Waals surface area contributed by atoms with Gasteiger partial charge in [0.05, 0.1) is 0 Å². The molecule has 0 unspecified atom stereocenters. The lowest BCUT2D eigenvalue weighted by molar-refractivity contribution is 0.0534. The number of hydrogen-bond acceptors (Lipinski definition) is 3. The van der Waals surface area contributed by atoms with Crippen LogP contribution < -0.4 is 10.6 Å². The van der Waals surface area contributed by atoms with Crippen LogP contribution in [0.5, 0.6) is 0 Å². The molecule has 0 aliphatic rings. The number of hydrogen-bond donors (Lipinski definition) is 2. The van der Waals surface area contributed by atoms with Crippen molar-refractivity contribution in [2.45, 2.75) is 26.4 Å². The number of ether oxygens (including phenoxy) is 1. The number of amides is 2.